The van der Waals surface area contributed by atoms with Gasteiger partial charge < -0.3 is 0 Å². The van der Waals surface area contributed by atoms with Crippen LogP contribution in [-0.4, -0.2) is 8.07 Å². The molecule has 0 aliphatic heterocycles. The Balaban J connectivity index is 0.000000806. The van der Waals surface area contributed by atoms with Gasteiger partial charge in [0.1, 0.15) is 0 Å². The van der Waals surface area contributed by atoms with Crippen LogP contribution in [0, 0.1) is 5.92 Å². The second kappa shape index (κ2) is 11.6. The van der Waals surface area contributed by atoms with Gasteiger partial charge in [-0.3, -0.25) is 0 Å². The summed E-state index contributed by atoms with van der Waals surface area (Å²) in [5.74, 6) is 0.892. The van der Waals surface area contributed by atoms with Crippen molar-refractivity contribution < 1.29 is 20.8 Å². The zero-order valence-corrected chi connectivity index (χ0v) is 23.4. The quantitative estimate of drug-likeness (QED) is 0.178. The van der Waals surface area contributed by atoms with Crippen molar-refractivity contribution in [1.82, 2.24) is 0 Å². The predicted octanol–water partition coefficient (Wildman–Crippen LogP) is 8.66. The molecule has 0 N–H and O–H groups in total. The fraction of sp³-hybridized carbons (Fsp3) is 0.423. The first-order valence-corrected chi connectivity index (χ1v) is 21.0. The van der Waals surface area contributed by atoms with Crippen LogP contribution >= 0.6 is 17.0 Å². The molecular weight excluding hydrogens is 503 g/mol. The van der Waals surface area contributed by atoms with Gasteiger partial charge in [0.15, 0.2) is 0 Å². The standard InChI is InChI=1S/C26H33Si.2ClH.Zr/c1-27(2,3)24-15-13-22(14-16-24)25-12-8-11-23-18-21(19-26(23)25)17-20-9-6-4-5-7-10-20;;;/h8,11-16,18-20H,4-7,9-10,17H2,1-3H3;2*1H;/q-1;;;+2/p-2. The summed E-state index contributed by atoms with van der Waals surface area (Å²) in [4.78, 5) is 0. The van der Waals surface area contributed by atoms with E-state index in [1.165, 1.54) is 72.0 Å². The molecule has 1 fully saturated rings. The fourth-order valence-electron chi connectivity index (χ4n) is 4.72. The van der Waals surface area contributed by atoms with Gasteiger partial charge in [0.2, 0.25) is 0 Å². The third-order valence-corrected chi connectivity index (χ3v) is 8.44. The van der Waals surface area contributed by atoms with Gasteiger partial charge >= 0.3 is 37.9 Å². The van der Waals surface area contributed by atoms with E-state index >= 15 is 0 Å². The van der Waals surface area contributed by atoms with Crippen LogP contribution in [0.1, 0.15) is 44.1 Å². The van der Waals surface area contributed by atoms with Gasteiger partial charge in [0.25, 0.3) is 0 Å². The summed E-state index contributed by atoms with van der Waals surface area (Å²) in [6.07, 6.45) is 9.86. The Kier molecular flexibility index (Phi) is 9.39. The molecule has 0 amide bonds. The summed E-state index contributed by atoms with van der Waals surface area (Å²) < 4.78 is 0. The topological polar surface area (TPSA) is 0 Å². The molecule has 1 aliphatic rings. The van der Waals surface area contributed by atoms with E-state index in [1.807, 2.05) is 0 Å². The number of fused-ring (bicyclic) bond motifs is 1. The van der Waals surface area contributed by atoms with Gasteiger partial charge in [-0.1, -0.05) is 99.2 Å². The average Bonchev–Trinajstić information content (AvgIpc) is 2.95. The van der Waals surface area contributed by atoms with Crippen LogP contribution in [0.2, 0.25) is 19.6 Å². The Morgan fingerprint density at radius 3 is 2.17 bits per heavy atom. The summed E-state index contributed by atoms with van der Waals surface area (Å²) in [5, 5.41) is 4.38. The SMILES string of the molecule is C[Si](C)(C)c1ccc(-c2cccc3[cH-]c(CC4CCCCCC4)cc23)cc1.[Cl][Zr][Cl]. The molecule has 0 spiro atoms. The minimum atomic E-state index is -1.24. The molecule has 0 aromatic heterocycles. The van der Waals surface area contributed by atoms with E-state index in [0.29, 0.717) is 0 Å². The number of hydrogen-bond donors (Lipinski definition) is 0. The van der Waals surface area contributed by atoms with Crippen molar-refractivity contribution >= 4 is 41.1 Å². The van der Waals surface area contributed by atoms with E-state index < -0.39 is 28.9 Å². The van der Waals surface area contributed by atoms with E-state index in [4.69, 9.17) is 17.0 Å². The minimum absolute atomic E-state index is 0.826. The van der Waals surface area contributed by atoms with Crippen LogP contribution in [0.25, 0.3) is 21.9 Å². The molecule has 0 radical (unpaired) electrons. The summed E-state index contributed by atoms with van der Waals surface area (Å²) >= 11 is -0.826. The Morgan fingerprint density at radius 1 is 0.933 bits per heavy atom. The molecule has 0 saturated heterocycles. The van der Waals surface area contributed by atoms with Crippen molar-refractivity contribution in [3.8, 4) is 11.1 Å². The summed E-state index contributed by atoms with van der Waals surface area (Å²) in [6, 6.07) is 21.1. The summed E-state index contributed by atoms with van der Waals surface area (Å²) in [5.41, 5.74) is 4.29. The molecule has 3 aromatic carbocycles. The van der Waals surface area contributed by atoms with Gasteiger partial charge in [-0.25, -0.2) is 0 Å². The Morgan fingerprint density at radius 2 is 1.57 bits per heavy atom. The van der Waals surface area contributed by atoms with Crippen molar-refractivity contribution in [2.75, 3.05) is 0 Å². The van der Waals surface area contributed by atoms with Crippen LogP contribution < -0.4 is 5.19 Å². The third-order valence-electron chi connectivity index (χ3n) is 6.37. The number of rotatable bonds is 4. The molecule has 0 heterocycles. The monoisotopic (exact) mass is 533 g/mol. The zero-order valence-electron chi connectivity index (χ0n) is 18.5. The van der Waals surface area contributed by atoms with E-state index in [9.17, 15) is 0 Å². The van der Waals surface area contributed by atoms with Crippen LogP contribution in [-0.2, 0) is 27.3 Å². The first-order valence-electron chi connectivity index (χ1n) is 11.2. The van der Waals surface area contributed by atoms with Gasteiger partial charge in [0.05, 0.1) is 8.07 Å². The Hall–Kier alpha value is -0.270. The van der Waals surface area contributed by atoms with Crippen LogP contribution in [0.5, 0.6) is 0 Å². The van der Waals surface area contributed by atoms with Crippen LogP contribution in [0.15, 0.2) is 54.6 Å². The molecule has 0 unspecified atom stereocenters. The third kappa shape index (κ3) is 6.61. The zero-order chi connectivity index (χ0) is 21.6. The first-order chi connectivity index (χ1) is 14.4. The molecule has 1 saturated carbocycles. The number of halogens is 2. The van der Waals surface area contributed by atoms with E-state index in [2.05, 4.69) is 74.2 Å². The summed E-state index contributed by atoms with van der Waals surface area (Å²) in [6.45, 7) is 7.25. The molecule has 0 atom stereocenters. The van der Waals surface area contributed by atoms with E-state index in [-0.39, 0.29) is 0 Å². The maximum atomic E-state index is 4.93. The molecule has 3 aromatic rings. The summed E-state index contributed by atoms with van der Waals surface area (Å²) in [7, 11) is 8.63. The fourth-order valence-corrected chi connectivity index (χ4v) is 5.88. The van der Waals surface area contributed by atoms with Crippen molar-refractivity contribution in [3.63, 3.8) is 0 Å². The second-order valence-electron chi connectivity index (χ2n) is 9.63. The Bertz CT molecular complexity index is 916. The molecular formula is C26H33Cl2SiZr-. The Labute approximate surface area is 202 Å². The number of benzene rings is 2. The predicted molar refractivity (Wildman–Crippen MR) is 135 cm³/mol. The van der Waals surface area contributed by atoms with E-state index in [0.717, 1.165) is 5.92 Å². The van der Waals surface area contributed by atoms with Gasteiger partial charge in [0, 0.05) is 0 Å². The van der Waals surface area contributed by atoms with Crippen molar-refractivity contribution in [1.29, 1.82) is 0 Å². The molecule has 30 heavy (non-hydrogen) atoms. The van der Waals surface area contributed by atoms with Crippen LogP contribution in [0.4, 0.5) is 0 Å². The molecule has 0 nitrogen and oxygen atoms in total. The molecule has 0 bridgehead atoms. The van der Waals surface area contributed by atoms with E-state index in [1.54, 1.807) is 5.56 Å². The first kappa shape index (κ1) is 24.4. The van der Waals surface area contributed by atoms with Gasteiger partial charge in [-0.05, 0) is 17.9 Å². The van der Waals surface area contributed by atoms with Gasteiger partial charge in [-0.15, -0.1) is 34.5 Å². The van der Waals surface area contributed by atoms with Crippen LogP contribution in [0.3, 0.4) is 0 Å². The molecule has 4 rings (SSSR count). The maximum absolute atomic E-state index is 4.93. The van der Waals surface area contributed by atoms with Crippen molar-refractivity contribution in [2.45, 2.75) is 64.6 Å². The van der Waals surface area contributed by atoms with Gasteiger partial charge in [-0.2, -0.15) is 6.07 Å². The average molecular weight is 536 g/mol. The molecule has 160 valence electrons. The molecule has 4 heteroatoms. The van der Waals surface area contributed by atoms with Crippen molar-refractivity contribution in [3.05, 3.63) is 60.2 Å². The normalized spacial score (nSPS) is 15.4. The van der Waals surface area contributed by atoms with Crippen molar-refractivity contribution in [2.24, 2.45) is 5.92 Å². The molecule has 1 aliphatic carbocycles. The number of hydrogen-bond acceptors (Lipinski definition) is 0. The second-order valence-corrected chi connectivity index (χ2v) is 18.4.